The summed E-state index contributed by atoms with van der Waals surface area (Å²) in [4.78, 5) is 2.52. The number of amidine groups is 1. The number of likely N-dealkylation sites (tertiary alicyclic amines) is 1. The van der Waals surface area contributed by atoms with Gasteiger partial charge in [-0.1, -0.05) is 36.8 Å². The van der Waals surface area contributed by atoms with Gasteiger partial charge in [0.05, 0.1) is 11.8 Å². The van der Waals surface area contributed by atoms with Gasteiger partial charge in [-0.2, -0.15) is 0 Å². The smallest absolute Gasteiger partial charge is 0.0995 e. The van der Waals surface area contributed by atoms with E-state index in [1.165, 1.54) is 19.3 Å². The maximum atomic E-state index is 7.89. The highest BCUT2D eigenvalue weighted by atomic mass is 15.2. The molecule has 1 aliphatic rings. The quantitative estimate of drug-likeness (QED) is 0.645. The monoisotopic (exact) mass is 259 g/mol. The lowest BCUT2D eigenvalue weighted by molar-refractivity contribution is 0.102. The Morgan fingerprint density at radius 1 is 1.26 bits per heavy atom. The standard InChI is InChI=1S/C16H25N3/c1-12-7-6-8-13(2)19(12)11-15(16(17)18)14-9-4-3-5-10-14/h3-5,9-10,12-13,15H,6-8,11H2,1-2H3,(H3,17,18). The van der Waals surface area contributed by atoms with Gasteiger partial charge in [0.1, 0.15) is 0 Å². The molecular formula is C16H25N3. The lowest BCUT2D eigenvalue weighted by Gasteiger charge is -2.40. The first-order chi connectivity index (χ1) is 9.09. The summed E-state index contributed by atoms with van der Waals surface area (Å²) in [6, 6.07) is 11.4. The molecule has 1 heterocycles. The number of benzene rings is 1. The van der Waals surface area contributed by atoms with E-state index in [1.807, 2.05) is 18.2 Å². The largest absolute Gasteiger partial charge is 0.387 e. The molecule has 1 fully saturated rings. The van der Waals surface area contributed by atoms with Gasteiger partial charge in [0.15, 0.2) is 0 Å². The summed E-state index contributed by atoms with van der Waals surface area (Å²) in [5.74, 6) is 0.292. The van der Waals surface area contributed by atoms with Gasteiger partial charge in [-0.05, 0) is 32.3 Å². The van der Waals surface area contributed by atoms with Crippen LogP contribution in [0.4, 0.5) is 0 Å². The second-order valence-corrected chi connectivity index (χ2v) is 5.74. The highest BCUT2D eigenvalue weighted by Gasteiger charge is 2.28. The first kappa shape index (κ1) is 14.1. The first-order valence-electron chi connectivity index (χ1n) is 7.24. The highest BCUT2D eigenvalue weighted by molar-refractivity contribution is 5.84. The van der Waals surface area contributed by atoms with Crippen molar-refractivity contribution in [2.75, 3.05) is 6.54 Å². The molecule has 1 aliphatic heterocycles. The van der Waals surface area contributed by atoms with Gasteiger partial charge in [0.2, 0.25) is 0 Å². The molecule has 0 radical (unpaired) electrons. The number of rotatable bonds is 4. The Morgan fingerprint density at radius 3 is 2.37 bits per heavy atom. The Morgan fingerprint density at radius 2 is 1.84 bits per heavy atom. The molecule has 3 heteroatoms. The van der Waals surface area contributed by atoms with Crippen LogP contribution in [0.2, 0.25) is 0 Å². The fraction of sp³-hybridized carbons (Fsp3) is 0.562. The molecule has 3 nitrogen and oxygen atoms in total. The van der Waals surface area contributed by atoms with E-state index in [-0.39, 0.29) is 11.8 Å². The summed E-state index contributed by atoms with van der Waals surface area (Å²) in [6.07, 6.45) is 3.82. The van der Waals surface area contributed by atoms with Gasteiger partial charge in [0, 0.05) is 18.6 Å². The number of nitrogens with two attached hydrogens (primary N) is 1. The van der Waals surface area contributed by atoms with Crippen LogP contribution >= 0.6 is 0 Å². The highest BCUT2D eigenvalue weighted by Crippen LogP contribution is 2.26. The van der Waals surface area contributed by atoms with E-state index in [1.54, 1.807) is 0 Å². The number of nitrogens with one attached hydrogen (secondary N) is 1. The van der Waals surface area contributed by atoms with Crippen molar-refractivity contribution in [3.63, 3.8) is 0 Å². The van der Waals surface area contributed by atoms with Crippen LogP contribution in [0, 0.1) is 5.41 Å². The van der Waals surface area contributed by atoms with E-state index in [9.17, 15) is 0 Å². The minimum absolute atomic E-state index is 0.0178. The van der Waals surface area contributed by atoms with Gasteiger partial charge >= 0.3 is 0 Å². The molecule has 0 amide bonds. The second kappa shape index (κ2) is 6.20. The van der Waals surface area contributed by atoms with Crippen molar-refractivity contribution in [2.45, 2.75) is 51.1 Å². The molecule has 1 aromatic rings. The maximum absolute atomic E-state index is 7.89. The van der Waals surface area contributed by atoms with Crippen LogP contribution < -0.4 is 5.73 Å². The average molecular weight is 259 g/mol. The zero-order valence-corrected chi connectivity index (χ0v) is 12.0. The number of hydrogen-bond acceptors (Lipinski definition) is 2. The third-order valence-electron chi connectivity index (χ3n) is 4.35. The molecule has 1 aromatic carbocycles. The van der Waals surface area contributed by atoms with Crippen LogP contribution in [0.3, 0.4) is 0 Å². The molecular weight excluding hydrogens is 234 g/mol. The molecule has 0 bridgehead atoms. The average Bonchev–Trinajstić information content (AvgIpc) is 2.39. The second-order valence-electron chi connectivity index (χ2n) is 5.74. The SMILES string of the molecule is CC1CCCC(C)N1CC(C(=N)N)c1ccccc1. The van der Waals surface area contributed by atoms with Crippen LogP contribution in [0.25, 0.3) is 0 Å². The normalized spacial score (nSPS) is 26.0. The van der Waals surface area contributed by atoms with Crippen LogP contribution in [-0.4, -0.2) is 29.4 Å². The van der Waals surface area contributed by atoms with Crippen molar-refractivity contribution in [1.29, 1.82) is 5.41 Å². The molecule has 1 saturated heterocycles. The minimum Gasteiger partial charge on any atom is -0.387 e. The summed E-state index contributed by atoms with van der Waals surface area (Å²) < 4.78 is 0. The molecule has 0 spiro atoms. The van der Waals surface area contributed by atoms with Gasteiger partial charge in [-0.25, -0.2) is 0 Å². The van der Waals surface area contributed by atoms with Crippen molar-refractivity contribution >= 4 is 5.84 Å². The van der Waals surface area contributed by atoms with Crippen molar-refractivity contribution in [3.8, 4) is 0 Å². The van der Waals surface area contributed by atoms with Crippen molar-refractivity contribution in [3.05, 3.63) is 35.9 Å². The van der Waals surface area contributed by atoms with E-state index in [2.05, 4.69) is 30.9 Å². The van der Waals surface area contributed by atoms with Crippen LogP contribution in [-0.2, 0) is 0 Å². The van der Waals surface area contributed by atoms with E-state index in [4.69, 9.17) is 11.1 Å². The van der Waals surface area contributed by atoms with E-state index >= 15 is 0 Å². The Labute approximate surface area is 116 Å². The zero-order valence-electron chi connectivity index (χ0n) is 12.0. The fourth-order valence-electron chi connectivity index (χ4n) is 3.11. The first-order valence-corrected chi connectivity index (χ1v) is 7.24. The Balaban J connectivity index is 2.15. The van der Waals surface area contributed by atoms with Crippen LogP contribution in [0.15, 0.2) is 30.3 Å². The third kappa shape index (κ3) is 3.35. The lowest BCUT2D eigenvalue weighted by Crippen LogP contribution is -2.47. The number of hydrogen-bond donors (Lipinski definition) is 2. The van der Waals surface area contributed by atoms with Gasteiger partial charge in [-0.3, -0.25) is 10.3 Å². The summed E-state index contributed by atoms with van der Waals surface area (Å²) >= 11 is 0. The summed E-state index contributed by atoms with van der Waals surface area (Å²) in [5, 5.41) is 7.89. The summed E-state index contributed by atoms with van der Waals surface area (Å²) in [7, 11) is 0. The maximum Gasteiger partial charge on any atom is 0.0995 e. The number of nitrogens with zero attached hydrogens (tertiary/aromatic N) is 1. The van der Waals surface area contributed by atoms with Crippen LogP contribution in [0.1, 0.15) is 44.6 Å². The Hall–Kier alpha value is -1.35. The van der Waals surface area contributed by atoms with Crippen molar-refractivity contribution in [2.24, 2.45) is 5.73 Å². The summed E-state index contributed by atoms with van der Waals surface area (Å²) in [6.45, 7) is 5.44. The van der Waals surface area contributed by atoms with Gasteiger partial charge < -0.3 is 5.73 Å². The molecule has 19 heavy (non-hydrogen) atoms. The fourth-order valence-corrected chi connectivity index (χ4v) is 3.11. The molecule has 104 valence electrons. The van der Waals surface area contributed by atoms with E-state index in [0.29, 0.717) is 12.1 Å². The summed E-state index contributed by atoms with van der Waals surface area (Å²) in [5.41, 5.74) is 6.99. The lowest BCUT2D eigenvalue weighted by atomic mass is 9.92. The molecule has 0 aliphatic carbocycles. The van der Waals surface area contributed by atoms with Crippen molar-refractivity contribution < 1.29 is 0 Å². The predicted molar refractivity (Wildman–Crippen MR) is 80.6 cm³/mol. The molecule has 3 atom stereocenters. The van der Waals surface area contributed by atoms with Crippen molar-refractivity contribution in [1.82, 2.24) is 4.90 Å². The molecule has 2 rings (SSSR count). The minimum atomic E-state index is 0.0178. The predicted octanol–water partition coefficient (Wildman–Crippen LogP) is 2.97. The molecule has 0 aromatic heterocycles. The van der Waals surface area contributed by atoms with Gasteiger partial charge in [0.25, 0.3) is 0 Å². The van der Waals surface area contributed by atoms with E-state index < -0.39 is 0 Å². The van der Waals surface area contributed by atoms with E-state index in [0.717, 1.165) is 12.1 Å². The van der Waals surface area contributed by atoms with Gasteiger partial charge in [-0.15, -0.1) is 0 Å². The topological polar surface area (TPSA) is 53.1 Å². The van der Waals surface area contributed by atoms with Crippen LogP contribution in [0.5, 0.6) is 0 Å². The third-order valence-corrected chi connectivity index (χ3v) is 4.35. The molecule has 0 saturated carbocycles. The Bertz CT molecular complexity index is 405. The Kier molecular flexibility index (Phi) is 4.59. The number of piperidine rings is 1. The molecule has 3 N–H and O–H groups in total. The zero-order chi connectivity index (χ0) is 13.8. The molecule has 3 unspecified atom stereocenters.